The Morgan fingerprint density at radius 1 is 0.889 bits per heavy atom. The first-order valence-electron chi connectivity index (χ1n) is 9.50. The van der Waals surface area contributed by atoms with E-state index in [9.17, 15) is 0 Å². The number of piperidine rings is 1. The zero-order valence-electron chi connectivity index (χ0n) is 15.8. The maximum atomic E-state index is 6.29. The van der Waals surface area contributed by atoms with Gasteiger partial charge in [0.15, 0.2) is 0 Å². The molecule has 2 bridgehead atoms. The molecular weight excluding hydrogens is 488 g/mol. The third-order valence-electron chi connectivity index (χ3n) is 6.54. The highest BCUT2D eigenvalue weighted by atomic mass is 127. The van der Waals surface area contributed by atoms with Crippen molar-refractivity contribution >= 4 is 28.8 Å². The quantitative estimate of drug-likeness (QED) is 0.435. The van der Waals surface area contributed by atoms with Crippen molar-refractivity contribution in [3.63, 3.8) is 0 Å². The molecule has 2 aromatic carbocycles. The van der Waals surface area contributed by atoms with Crippen LogP contribution in [0, 0.1) is 5.92 Å². The zero-order chi connectivity index (χ0) is 18.3. The van der Waals surface area contributed by atoms with E-state index in [1.807, 2.05) is 24.3 Å². The third-order valence-corrected chi connectivity index (χ3v) is 7.01. The number of benzene rings is 2. The minimum absolute atomic E-state index is 0. The summed E-state index contributed by atoms with van der Waals surface area (Å²) in [7, 11) is 4.83. The van der Waals surface area contributed by atoms with Crippen LogP contribution >= 0.6 is 23.2 Å². The molecule has 4 rings (SSSR count). The minimum atomic E-state index is 0. The topological polar surface area (TPSA) is 0 Å². The SMILES string of the molecule is C[N+]1(C)[C@@H]2CC[C@H]1CC(C=C(c1cccc(Cl)c1)c1cccc(Cl)c1)C2.[I-]. The van der Waals surface area contributed by atoms with Crippen LogP contribution in [0.3, 0.4) is 0 Å². The number of allylic oxidation sites excluding steroid dienone is 1. The minimum Gasteiger partial charge on any atom is -1.00 e. The van der Waals surface area contributed by atoms with Gasteiger partial charge in [0.1, 0.15) is 0 Å². The number of hydrogen-bond donors (Lipinski definition) is 0. The van der Waals surface area contributed by atoms with Crippen LogP contribution in [0.15, 0.2) is 54.6 Å². The van der Waals surface area contributed by atoms with Crippen LogP contribution in [-0.2, 0) is 0 Å². The van der Waals surface area contributed by atoms with Crippen LogP contribution in [0.5, 0.6) is 0 Å². The summed E-state index contributed by atoms with van der Waals surface area (Å²) in [5, 5.41) is 1.55. The Balaban J connectivity index is 0.00000210. The fourth-order valence-electron chi connectivity index (χ4n) is 4.97. The zero-order valence-corrected chi connectivity index (χ0v) is 19.5. The molecule has 0 spiro atoms. The van der Waals surface area contributed by atoms with Gasteiger partial charge >= 0.3 is 0 Å². The lowest BCUT2D eigenvalue weighted by atomic mass is 9.85. The maximum absolute atomic E-state index is 6.29. The second-order valence-electron chi connectivity index (χ2n) is 8.35. The Kier molecular flexibility index (Phi) is 6.62. The monoisotopic (exact) mass is 513 g/mol. The molecule has 1 nitrogen and oxygen atoms in total. The highest BCUT2D eigenvalue weighted by molar-refractivity contribution is 6.31. The Morgan fingerprint density at radius 3 is 1.81 bits per heavy atom. The highest BCUT2D eigenvalue weighted by Crippen LogP contribution is 2.43. The number of fused-ring (bicyclic) bond motifs is 2. The van der Waals surface area contributed by atoms with Crippen molar-refractivity contribution < 1.29 is 28.5 Å². The number of rotatable bonds is 3. The second kappa shape index (κ2) is 8.44. The van der Waals surface area contributed by atoms with E-state index in [0.29, 0.717) is 5.92 Å². The molecule has 0 radical (unpaired) electrons. The van der Waals surface area contributed by atoms with E-state index in [2.05, 4.69) is 44.4 Å². The molecule has 4 heteroatoms. The average molecular weight is 514 g/mol. The van der Waals surface area contributed by atoms with Crippen molar-refractivity contribution in [2.75, 3.05) is 14.1 Å². The normalized spacial score (nSPS) is 25.6. The first-order chi connectivity index (χ1) is 12.4. The van der Waals surface area contributed by atoms with Gasteiger partial charge in [-0.15, -0.1) is 0 Å². The van der Waals surface area contributed by atoms with E-state index >= 15 is 0 Å². The summed E-state index contributed by atoms with van der Waals surface area (Å²) in [4.78, 5) is 0. The van der Waals surface area contributed by atoms with Crippen LogP contribution < -0.4 is 24.0 Å². The highest BCUT2D eigenvalue weighted by Gasteiger charge is 2.48. The first-order valence-corrected chi connectivity index (χ1v) is 10.3. The smallest absolute Gasteiger partial charge is 0.0896 e. The number of halogens is 3. The van der Waals surface area contributed by atoms with Crippen molar-refractivity contribution in [1.29, 1.82) is 0 Å². The van der Waals surface area contributed by atoms with E-state index in [0.717, 1.165) is 22.1 Å². The van der Waals surface area contributed by atoms with Crippen LogP contribution in [-0.4, -0.2) is 30.7 Å². The predicted molar refractivity (Wildman–Crippen MR) is 112 cm³/mol. The molecule has 2 fully saturated rings. The predicted octanol–water partition coefficient (Wildman–Crippen LogP) is 3.45. The molecule has 27 heavy (non-hydrogen) atoms. The van der Waals surface area contributed by atoms with E-state index in [4.69, 9.17) is 23.2 Å². The van der Waals surface area contributed by atoms with Gasteiger partial charge in [-0.05, 0) is 46.9 Å². The molecular formula is C23H26Cl2IN. The molecule has 2 heterocycles. The summed E-state index contributed by atoms with van der Waals surface area (Å²) in [6.45, 7) is 0. The van der Waals surface area contributed by atoms with Gasteiger partial charge in [0, 0.05) is 35.7 Å². The Hall–Kier alpha value is -0.550. The number of hydrogen-bond acceptors (Lipinski definition) is 0. The van der Waals surface area contributed by atoms with E-state index in [1.54, 1.807) is 0 Å². The molecule has 0 amide bonds. The maximum Gasteiger partial charge on any atom is 0.0896 e. The van der Waals surface area contributed by atoms with Crippen LogP contribution in [0.4, 0.5) is 0 Å². The fourth-order valence-corrected chi connectivity index (χ4v) is 5.35. The molecule has 0 saturated carbocycles. The summed E-state index contributed by atoms with van der Waals surface area (Å²) >= 11 is 12.6. The van der Waals surface area contributed by atoms with Crippen LogP contribution in [0.2, 0.25) is 10.0 Å². The number of quaternary nitrogens is 1. The van der Waals surface area contributed by atoms with Gasteiger partial charge in [0.25, 0.3) is 0 Å². The molecule has 0 aromatic heterocycles. The van der Waals surface area contributed by atoms with Gasteiger partial charge in [-0.2, -0.15) is 0 Å². The summed E-state index contributed by atoms with van der Waals surface area (Å²) in [5.74, 6) is 0.617. The molecule has 2 aliphatic heterocycles. The van der Waals surface area contributed by atoms with Gasteiger partial charge < -0.3 is 28.5 Å². The van der Waals surface area contributed by atoms with Crippen LogP contribution in [0.25, 0.3) is 5.57 Å². The van der Waals surface area contributed by atoms with E-state index in [-0.39, 0.29) is 24.0 Å². The second-order valence-corrected chi connectivity index (χ2v) is 9.22. The van der Waals surface area contributed by atoms with Crippen molar-refractivity contribution in [2.45, 2.75) is 37.8 Å². The van der Waals surface area contributed by atoms with Crippen LogP contribution in [0.1, 0.15) is 36.8 Å². The van der Waals surface area contributed by atoms with E-state index < -0.39 is 0 Å². The van der Waals surface area contributed by atoms with Crippen molar-refractivity contribution in [3.8, 4) is 0 Å². The molecule has 0 N–H and O–H groups in total. The van der Waals surface area contributed by atoms with Crippen molar-refractivity contribution in [1.82, 2.24) is 0 Å². The van der Waals surface area contributed by atoms with Gasteiger partial charge in [0.2, 0.25) is 0 Å². The molecule has 2 aromatic rings. The molecule has 1 unspecified atom stereocenters. The molecule has 3 atom stereocenters. The van der Waals surface area contributed by atoms with Gasteiger partial charge in [0.05, 0.1) is 26.2 Å². The molecule has 144 valence electrons. The van der Waals surface area contributed by atoms with Crippen molar-refractivity contribution in [2.24, 2.45) is 5.92 Å². The molecule has 2 aliphatic rings. The Morgan fingerprint density at radius 2 is 1.37 bits per heavy atom. The van der Waals surface area contributed by atoms with Gasteiger partial charge in [-0.3, -0.25) is 0 Å². The standard InChI is InChI=1S/C23H26Cl2N.HI/c1-26(2)21-9-10-22(26)12-16(11-21)13-23(17-5-3-7-19(24)14-17)18-6-4-8-20(25)15-18;/h3-8,13-16,21-22H,9-12H2,1-2H3;1H/q+1;/p-1/t16?,21-,22+;. The summed E-state index contributed by atoms with van der Waals surface area (Å²) < 4.78 is 1.20. The number of nitrogens with zero attached hydrogens (tertiary/aromatic N) is 1. The Labute approximate surface area is 190 Å². The third kappa shape index (κ3) is 4.39. The summed E-state index contributed by atoms with van der Waals surface area (Å²) in [6.07, 6.45) is 7.77. The first kappa shape index (κ1) is 21.2. The fraction of sp³-hybridized carbons (Fsp3) is 0.391. The Bertz CT molecular complexity index is 782. The van der Waals surface area contributed by atoms with Crippen molar-refractivity contribution in [3.05, 3.63) is 75.8 Å². The van der Waals surface area contributed by atoms with E-state index in [1.165, 1.54) is 46.9 Å². The average Bonchev–Trinajstić information content (AvgIpc) is 2.77. The van der Waals surface area contributed by atoms with Gasteiger partial charge in [-0.1, -0.05) is 53.5 Å². The lowest BCUT2D eigenvalue weighted by molar-refractivity contribution is -0.931. The lowest BCUT2D eigenvalue weighted by Crippen LogP contribution is -3.00. The molecule has 0 aliphatic carbocycles. The largest absolute Gasteiger partial charge is 1.00 e. The summed E-state index contributed by atoms with van der Waals surface area (Å²) in [5.41, 5.74) is 3.60. The molecule has 2 saturated heterocycles. The lowest BCUT2D eigenvalue weighted by Gasteiger charge is -2.44. The van der Waals surface area contributed by atoms with Gasteiger partial charge in [-0.25, -0.2) is 0 Å². The summed E-state index contributed by atoms with van der Waals surface area (Å²) in [6, 6.07) is 17.9.